The Labute approximate surface area is 164 Å². The molecule has 148 valence electrons. The second-order valence-corrected chi connectivity index (χ2v) is 9.40. The largest absolute Gasteiger partial charge is 0.372 e. The fourth-order valence-corrected chi connectivity index (χ4v) is 6.51. The van der Waals surface area contributed by atoms with Crippen molar-refractivity contribution < 1.29 is 4.79 Å². The van der Waals surface area contributed by atoms with Crippen LogP contribution >= 0.6 is 0 Å². The van der Waals surface area contributed by atoms with Crippen molar-refractivity contribution in [2.75, 3.05) is 29.9 Å². The number of carbonyl (C=O) groups excluding carboxylic acids is 1. The number of benzene rings is 1. The van der Waals surface area contributed by atoms with E-state index in [2.05, 4.69) is 48.4 Å². The number of urea groups is 1. The minimum absolute atomic E-state index is 0.0514. The summed E-state index contributed by atoms with van der Waals surface area (Å²) in [7, 11) is 0. The van der Waals surface area contributed by atoms with Crippen LogP contribution in [0.5, 0.6) is 0 Å². The van der Waals surface area contributed by atoms with Crippen LogP contribution in [0.2, 0.25) is 0 Å². The average Bonchev–Trinajstić information content (AvgIpc) is 2.62. The number of nitrogens with zero attached hydrogens (tertiary/aromatic N) is 1. The van der Waals surface area contributed by atoms with Gasteiger partial charge in [0.05, 0.1) is 0 Å². The number of hydrogen-bond acceptors (Lipinski definition) is 2. The Morgan fingerprint density at radius 3 is 2.19 bits per heavy atom. The van der Waals surface area contributed by atoms with Crippen LogP contribution in [0.15, 0.2) is 18.2 Å². The van der Waals surface area contributed by atoms with Crippen LogP contribution in [0.25, 0.3) is 0 Å². The van der Waals surface area contributed by atoms with Crippen LogP contribution in [0.3, 0.4) is 0 Å². The Hall–Kier alpha value is -1.71. The Morgan fingerprint density at radius 2 is 1.67 bits per heavy atom. The van der Waals surface area contributed by atoms with Gasteiger partial charge < -0.3 is 15.5 Å². The Kier molecular flexibility index (Phi) is 5.09. The smallest absolute Gasteiger partial charge is 0.319 e. The predicted molar refractivity (Wildman–Crippen MR) is 112 cm³/mol. The van der Waals surface area contributed by atoms with Gasteiger partial charge in [0.2, 0.25) is 0 Å². The number of nitrogens with one attached hydrogen (secondary N) is 2. The van der Waals surface area contributed by atoms with E-state index in [1.165, 1.54) is 44.2 Å². The SMILES string of the molecule is CCN(CC)c1ccc(NC(=O)NCC23CC4CC(CC(C4)C2)C3)c(C)c1. The van der Waals surface area contributed by atoms with Crippen LogP contribution in [0.1, 0.15) is 57.9 Å². The summed E-state index contributed by atoms with van der Waals surface area (Å²) in [6.07, 6.45) is 8.33. The molecule has 2 N–H and O–H groups in total. The van der Waals surface area contributed by atoms with Crippen molar-refractivity contribution in [2.45, 2.75) is 59.3 Å². The summed E-state index contributed by atoms with van der Waals surface area (Å²) in [5.41, 5.74) is 3.63. The molecule has 1 aromatic carbocycles. The van der Waals surface area contributed by atoms with E-state index >= 15 is 0 Å². The molecule has 0 atom stereocenters. The highest BCUT2D eigenvalue weighted by molar-refractivity contribution is 5.90. The lowest BCUT2D eigenvalue weighted by Crippen LogP contribution is -2.51. The molecule has 5 rings (SSSR count). The van der Waals surface area contributed by atoms with Gasteiger partial charge in [-0.1, -0.05) is 0 Å². The van der Waals surface area contributed by atoms with Gasteiger partial charge in [0, 0.05) is 31.0 Å². The lowest BCUT2D eigenvalue weighted by Gasteiger charge is -2.56. The quantitative estimate of drug-likeness (QED) is 0.726. The molecule has 0 spiro atoms. The van der Waals surface area contributed by atoms with E-state index in [0.717, 1.165) is 48.6 Å². The van der Waals surface area contributed by atoms with Crippen molar-refractivity contribution in [1.29, 1.82) is 0 Å². The van der Waals surface area contributed by atoms with Crippen molar-refractivity contribution in [2.24, 2.45) is 23.2 Å². The van der Waals surface area contributed by atoms with Crippen LogP contribution in [0.4, 0.5) is 16.2 Å². The number of aryl methyl sites for hydroxylation is 1. The molecule has 0 radical (unpaired) electrons. The number of hydrogen-bond donors (Lipinski definition) is 2. The van der Waals surface area contributed by atoms with Crippen LogP contribution in [-0.4, -0.2) is 25.7 Å². The molecular weight excluding hydrogens is 334 g/mol. The van der Waals surface area contributed by atoms with Gasteiger partial charge in [-0.3, -0.25) is 0 Å². The fourth-order valence-electron chi connectivity index (χ4n) is 6.51. The zero-order valence-electron chi connectivity index (χ0n) is 17.2. The maximum absolute atomic E-state index is 12.6. The van der Waals surface area contributed by atoms with Crippen molar-refractivity contribution in [1.82, 2.24) is 5.32 Å². The summed E-state index contributed by atoms with van der Waals surface area (Å²) in [4.78, 5) is 14.9. The maximum Gasteiger partial charge on any atom is 0.319 e. The van der Waals surface area contributed by atoms with Crippen molar-refractivity contribution in [3.63, 3.8) is 0 Å². The van der Waals surface area contributed by atoms with Crippen molar-refractivity contribution >= 4 is 17.4 Å². The van der Waals surface area contributed by atoms with E-state index in [9.17, 15) is 4.79 Å². The highest BCUT2D eigenvalue weighted by atomic mass is 16.2. The highest BCUT2D eigenvalue weighted by Gasteiger charge is 2.50. The van der Waals surface area contributed by atoms with Crippen molar-refractivity contribution in [3.8, 4) is 0 Å². The maximum atomic E-state index is 12.6. The molecule has 0 unspecified atom stereocenters. The summed E-state index contributed by atoms with van der Waals surface area (Å²) in [5, 5.41) is 6.29. The molecule has 0 saturated heterocycles. The zero-order valence-corrected chi connectivity index (χ0v) is 17.2. The molecule has 4 fully saturated rings. The van der Waals surface area contributed by atoms with Crippen LogP contribution in [-0.2, 0) is 0 Å². The van der Waals surface area contributed by atoms with Gasteiger partial charge in [0.15, 0.2) is 0 Å². The monoisotopic (exact) mass is 369 g/mol. The van der Waals surface area contributed by atoms with E-state index in [-0.39, 0.29) is 6.03 Å². The normalized spacial score (nSPS) is 31.0. The summed E-state index contributed by atoms with van der Waals surface area (Å²) in [5.74, 6) is 2.78. The molecule has 0 aromatic heterocycles. The fraction of sp³-hybridized carbons (Fsp3) is 0.696. The van der Waals surface area contributed by atoms with E-state index < -0.39 is 0 Å². The molecule has 4 saturated carbocycles. The second kappa shape index (κ2) is 7.37. The topological polar surface area (TPSA) is 44.4 Å². The average molecular weight is 370 g/mol. The summed E-state index contributed by atoms with van der Waals surface area (Å²) < 4.78 is 0. The first kappa shape index (κ1) is 18.6. The van der Waals surface area contributed by atoms with E-state index in [1.54, 1.807) is 0 Å². The molecule has 4 aliphatic carbocycles. The van der Waals surface area contributed by atoms with Gasteiger partial charge >= 0.3 is 6.03 Å². The third-order valence-electron chi connectivity index (χ3n) is 7.38. The molecule has 4 nitrogen and oxygen atoms in total. The molecule has 4 heteroatoms. The van der Waals surface area contributed by atoms with Gasteiger partial charge in [-0.05, 0) is 106 Å². The number of amides is 2. The lowest BCUT2D eigenvalue weighted by atomic mass is 9.49. The van der Waals surface area contributed by atoms with Crippen LogP contribution < -0.4 is 15.5 Å². The van der Waals surface area contributed by atoms with Gasteiger partial charge in [-0.2, -0.15) is 0 Å². The zero-order chi connectivity index (χ0) is 19.0. The first-order valence-corrected chi connectivity index (χ1v) is 10.9. The van der Waals surface area contributed by atoms with Gasteiger partial charge in [-0.15, -0.1) is 0 Å². The third kappa shape index (κ3) is 3.81. The summed E-state index contributed by atoms with van der Waals surface area (Å²) >= 11 is 0. The Morgan fingerprint density at radius 1 is 1.07 bits per heavy atom. The molecule has 2 amide bonds. The Bertz CT molecular complexity index is 660. The van der Waals surface area contributed by atoms with E-state index in [4.69, 9.17) is 0 Å². The second-order valence-electron chi connectivity index (χ2n) is 9.40. The van der Waals surface area contributed by atoms with Gasteiger partial charge in [0.1, 0.15) is 0 Å². The third-order valence-corrected chi connectivity index (χ3v) is 7.38. The van der Waals surface area contributed by atoms with Gasteiger partial charge in [0.25, 0.3) is 0 Å². The standard InChI is InChI=1S/C23H35N3O/c1-4-26(5-2)20-6-7-21(16(3)8-20)25-22(27)24-15-23-12-17-9-18(13-23)11-19(10-17)14-23/h6-8,17-19H,4-5,9-15H2,1-3H3,(H2,24,25,27). The minimum atomic E-state index is -0.0514. The molecule has 0 aliphatic heterocycles. The molecule has 4 bridgehead atoms. The highest BCUT2D eigenvalue weighted by Crippen LogP contribution is 2.59. The molecular formula is C23H35N3O. The lowest BCUT2D eigenvalue weighted by molar-refractivity contribution is -0.0496. The molecule has 1 aromatic rings. The number of anilines is 2. The van der Waals surface area contributed by atoms with Crippen molar-refractivity contribution in [3.05, 3.63) is 23.8 Å². The number of rotatable bonds is 6. The molecule has 4 aliphatic rings. The summed E-state index contributed by atoms with van der Waals surface area (Å²) in [6.45, 7) is 9.24. The molecule has 27 heavy (non-hydrogen) atoms. The first-order valence-electron chi connectivity index (χ1n) is 10.9. The van der Waals surface area contributed by atoms with Gasteiger partial charge in [-0.25, -0.2) is 4.79 Å². The predicted octanol–water partition coefficient (Wildman–Crippen LogP) is 5.18. The van der Waals surface area contributed by atoms with Crippen LogP contribution in [0, 0.1) is 30.1 Å². The Balaban J connectivity index is 1.35. The number of carbonyl (C=O) groups is 1. The first-order chi connectivity index (χ1) is 13.0. The van der Waals surface area contributed by atoms with E-state index in [0.29, 0.717) is 5.41 Å². The van der Waals surface area contributed by atoms with E-state index in [1.807, 2.05) is 6.07 Å². The summed E-state index contributed by atoms with van der Waals surface area (Å²) in [6, 6.07) is 6.26. The minimum Gasteiger partial charge on any atom is -0.372 e. The molecule has 0 heterocycles.